The van der Waals surface area contributed by atoms with Crippen LogP contribution in [-0.2, 0) is 11.2 Å². The summed E-state index contributed by atoms with van der Waals surface area (Å²) >= 11 is 4.79. The number of rotatable bonds is 2. The smallest absolute Gasteiger partial charge is 0.122 e. The zero-order valence-electron chi connectivity index (χ0n) is 9.03. The molecule has 0 aromatic carbocycles. The number of hydrogen-bond donors (Lipinski definition) is 0. The predicted octanol–water partition coefficient (Wildman–Crippen LogP) is 3.25. The summed E-state index contributed by atoms with van der Waals surface area (Å²) in [6, 6.07) is 3.44. The Morgan fingerprint density at radius 1 is 1.47 bits per heavy atom. The molecule has 0 saturated heterocycles. The van der Waals surface area contributed by atoms with Crippen LogP contribution in [0.25, 0.3) is 6.08 Å². The van der Waals surface area contributed by atoms with E-state index in [0.29, 0.717) is 5.02 Å². The summed E-state index contributed by atoms with van der Waals surface area (Å²) in [6.07, 6.45) is 3.36. The summed E-state index contributed by atoms with van der Waals surface area (Å²) in [5.74, 6) is 0. The van der Waals surface area contributed by atoms with Gasteiger partial charge in [-0.05, 0) is 44.1 Å². The van der Waals surface area contributed by atoms with Gasteiger partial charge in [-0.1, -0.05) is 11.6 Å². The van der Waals surface area contributed by atoms with Crippen LogP contribution in [0.1, 0.15) is 26.5 Å². The van der Waals surface area contributed by atoms with Crippen molar-refractivity contribution in [3.63, 3.8) is 0 Å². The summed E-state index contributed by atoms with van der Waals surface area (Å²) < 4.78 is 11.4. The van der Waals surface area contributed by atoms with Gasteiger partial charge >= 0.3 is 0 Å². The number of nitrogens with zero attached hydrogens (tertiary/aromatic N) is 1. The Kier molecular flexibility index (Phi) is 4.20. The minimum Gasteiger partial charge on any atom is -0.611 e. The summed E-state index contributed by atoms with van der Waals surface area (Å²) in [5, 5.41) is 2.28. The second kappa shape index (κ2) is 5.01. The lowest BCUT2D eigenvalue weighted by Gasteiger charge is -2.20. The molecule has 15 heavy (non-hydrogen) atoms. The molecule has 1 heterocycles. The van der Waals surface area contributed by atoms with Crippen molar-refractivity contribution >= 4 is 28.9 Å². The SMILES string of the molecule is CC(C)(C)[S@@+]([O-])/C=C/c1cc(Cl)ccn1. The fourth-order valence-electron chi connectivity index (χ4n) is 0.848. The monoisotopic (exact) mass is 243 g/mol. The first-order valence-corrected chi connectivity index (χ1v) is 6.19. The molecule has 0 bridgehead atoms. The molecule has 1 aromatic rings. The molecule has 0 aliphatic carbocycles. The van der Waals surface area contributed by atoms with Gasteiger partial charge in [0.05, 0.1) is 5.69 Å². The van der Waals surface area contributed by atoms with Gasteiger partial charge in [-0.3, -0.25) is 4.98 Å². The van der Waals surface area contributed by atoms with E-state index in [1.54, 1.807) is 29.8 Å². The van der Waals surface area contributed by atoms with E-state index in [0.717, 1.165) is 5.69 Å². The highest BCUT2D eigenvalue weighted by atomic mass is 35.5. The van der Waals surface area contributed by atoms with Crippen LogP contribution in [0.4, 0.5) is 0 Å². The molecule has 0 N–H and O–H groups in total. The van der Waals surface area contributed by atoms with E-state index in [-0.39, 0.29) is 4.75 Å². The van der Waals surface area contributed by atoms with Crippen molar-refractivity contribution in [2.45, 2.75) is 25.5 Å². The number of halogens is 1. The molecule has 0 aliphatic heterocycles. The number of pyridine rings is 1. The van der Waals surface area contributed by atoms with Crippen LogP contribution in [0.3, 0.4) is 0 Å². The molecule has 0 unspecified atom stereocenters. The van der Waals surface area contributed by atoms with Crippen molar-refractivity contribution in [1.29, 1.82) is 0 Å². The standard InChI is InChI=1S/C11H14ClNOS/c1-11(2,3)15(14)7-5-10-8-9(12)4-6-13-10/h4-8H,1-3H3/b7-5+/t15-/m0/s1. The van der Waals surface area contributed by atoms with Gasteiger partial charge in [-0.15, -0.1) is 0 Å². The highest BCUT2D eigenvalue weighted by Crippen LogP contribution is 2.18. The molecule has 2 nitrogen and oxygen atoms in total. The molecule has 82 valence electrons. The highest BCUT2D eigenvalue weighted by molar-refractivity contribution is 7.95. The van der Waals surface area contributed by atoms with E-state index in [1.807, 2.05) is 20.8 Å². The zero-order valence-corrected chi connectivity index (χ0v) is 10.6. The maximum Gasteiger partial charge on any atom is 0.122 e. The lowest BCUT2D eigenvalue weighted by atomic mass is 10.3. The van der Waals surface area contributed by atoms with Gasteiger partial charge in [0.15, 0.2) is 0 Å². The number of aromatic nitrogens is 1. The summed E-state index contributed by atoms with van der Waals surface area (Å²) in [6.45, 7) is 5.79. The molecule has 0 aliphatic rings. The second-order valence-electron chi connectivity index (χ2n) is 4.11. The molecule has 0 saturated carbocycles. The summed E-state index contributed by atoms with van der Waals surface area (Å²) in [7, 11) is 0. The first kappa shape index (κ1) is 12.6. The minimum atomic E-state index is -1.01. The van der Waals surface area contributed by atoms with Crippen molar-refractivity contribution in [3.8, 4) is 0 Å². The average Bonchev–Trinajstić information content (AvgIpc) is 2.12. The maximum atomic E-state index is 11.7. The third-order valence-electron chi connectivity index (χ3n) is 1.71. The lowest BCUT2D eigenvalue weighted by molar-refractivity contribution is 0.569. The van der Waals surface area contributed by atoms with E-state index in [2.05, 4.69) is 4.98 Å². The molecule has 1 atom stereocenters. The van der Waals surface area contributed by atoms with Crippen LogP contribution >= 0.6 is 11.6 Å². The first-order valence-electron chi connectivity index (χ1n) is 4.60. The average molecular weight is 244 g/mol. The predicted molar refractivity (Wildman–Crippen MR) is 66.2 cm³/mol. The van der Waals surface area contributed by atoms with Gasteiger partial charge in [0.1, 0.15) is 10.2 Å². The van der Waals surface area contributed by atoms with E-state index in [9.17, 15) is 4.55 Å². The van der Waals surface area contributed by atoms with Crippen molar-refractivity contribution in [2.75, 3.05) is 0 Å². The van der Waals surface area contributed by atoms with Crippen LogP contribution in [0.15, 0.2) is 23.7 Å². The van der Waals surface area contributed by atoms with Crippen LogP contribution in [-0.4, -0.2) is 14.3 Å². The van der Waals surface area contributed by atoms with Gasteiger partial charge in [0.25, 0.3) is 0 Å². The molecule has 0 amide bonds. The van der Waals surface area contributed by atoms with Gasteiger partial charge in [-0.25, -0.2) is 0 Å². The normalized spacial score (nSPS) is 14.5. The summed E-state index contributed by atoms with van der Waals surface area (Å²) in [5.41, 5.74) is 0.722. The molecule has 0 radical (unpaired) electrons. The van der Waals surface area contributed by atoms with Crippen LogP contribution in [0, 0.1) is 0 Å². The highest BCUT2D eigenvalue weighted by Gasteiger charge is 2.23. The number of hydrogen-bond acceptors (Lipinski definition) is 2. The Balaban J connectivity index is 2.74. The molecule has 1 aromatic heterocycles. The van der Waals surface area contributed by atoms with Crippen molar-refractivity contribution in [1.82, 2.24) is 4.98 Å². The second-order valence-corrected chi connectivity index (χ2v) is 6.64. The van der Waals surface area contributed by atoms with E-state index in [1.165, 1.54) is 0 Å². The van der Waals surface area contributed by atoms with Gasteiger partial charge in [0, 0.05) is 17.3 Å². The van der Waals surface area contributed by atoms with Crippen molar-refractivity contribution in [2.24, 2.45) is 0 Å². The zero-order chi connectivity index (χ0) is 11.5. The van der Waals surface area contributed by atoms with E-state index >= 15 is 0 Å². The Hall–Kier alpha value is -0.510. The molecule has 0 spiro atoms. The van der Waals surface area contributed by atoms with E-state index in [4.69, 9.17) is 11.6 Å². The fourth-order valence-corrected chi connectivity index (χ4v) is 1.69. The largest absolute Gasteiger partial charge is 0.611 e. The Morgan fingerprint density at radius 2 is 2.13 bits per heavy atom. The van der Waals surface area contributed by atoms with Crippen LogP contribution < -0.4 is 0 Å². The van der Waals surface area contributed by atoms with Gasteiger partial charge in [-0.2, -0.15) is 0 Å². The third-order valence-corrected chi connectivity index (χ3v) is 3.53. The summed E-state index contributed by atoms with van der Waals surface area (Å²) in [4.78, 5) is 4.09. The molecule has 1 rings (SSSR count). The molecular weight excluding hydrogens is 230 g/mol. The first-order chi connectivity index (χ1) is 6.89. The minimum absolute atomic E-state index is 0.241. The molecule has 0 fully saturated rings. The van der Waals surface area contributed by atoms with Gasteiger partial charge < -0.3 is 4.55 Å². The Labute approximate surface area is 98.5 Å². The van der Waals surface area contributed by atoms with E-state index < -0.39 is 11.2 Å². The van der Waals surface area contributed by atoms with Gasteiger partial charge in [0.2, 0.25) is 0 Å². The third kappa shape index (κ3) is 4.24. The Morgan fingerprint density at radius 3 is 2.67 bits per heavy atom. The van der Waals surface area contributed by atoms with Crippen molar-refractivity contribution < 1.29 is 4.55 Å². The van der Waals surface area contributed by atoms with Crippen LogP contribution in [0.5, 0.6) is 0 Å². The van der Waals surface area contributed by atoms with Crippen LogP contribution in [0.2, 0.25) is 5.02 Å². The molecular formula is C11H14ClNOS. The topological polar surface area (TPSA) is 36.0 Å². The Bertz CT molecular complexity index is 360. The lowest BCUT2D eigenvalue weighted by Crippen LogP contribution is -2.25. The van der Waals surface area contributed by atoms with Crippen molar-refractivity contribution in [3.05, 3.63) is 34.5 Å². The fraction of sp³-hybridized carbons (Fsp3) is 0.364. The maximum absolute atomic E-state index is 11.7. The quantitative estimate of drug-likeness (QED) is 0.748. The molecule has 4 heteroatoms.